The summed E-state index contributed by atoms with van der Waals surface area (Å²) in [6, 6.07) is 0. The van der Waals surface area contributed by atoms with Gasteiger partial charge in [0.1, 0.15) is 5.78 Å². The normalized spacial score (nSPS) is 37.2. The second-order valence-corrected chi connectivity index (χ2v) is 6.98. The Morgan fingerprint density at radius 2 is 1.84 bits per heavy atom. The summed E-state index contributed by atoms with van der Waals surface area (Å²) in [7, 11) is 0. The Hall–Kier alpha value is -0.410. The molecular formula is C16H27NO2. The van der Waals surface area contributed by atoms with E-state index >= 15 is 0 Å². The topological polar surface area (TPSA) is 40.5 Å². The largest absolute Gasteiger partial charge is 0.390 e. The van der Waals surface area contributed by atoms with Crippen molar-refractivity contribution in [1.82, 2.24) is 4.90 Å². The number of hydrogen-bond donors (Lipinski definition) is 1. The first-order chi connectivity index (χ1) is 9.17. The Morgan fingerprint density at radius 3 is 2.63 bits per heavy atom. The quantitative estimate of drug-likeness (QED) is 0.851. The maximum Gasteiger partial charge on any atom is 0.149 e. The zero-order valence-electron chi connectivity index (χ0n) is 11.9. The second-order valence-electron chi connectivity index (χ2n) is 6.98. The van der Waals surface area contributed by atoms with E-state index in [0.29, 0.717) is 24.2 Å². The molecule has 1 N–H and O–H groups in total. The average molecular weight is 265 g/mol. The Morgan fingerprint density at radius 1 is 1.11 bits per heavy atom. The maximum absolute atomic E-state index is 12.2. The molecule has 3 rings (SSSR count). The number of piperidine rings is 1. The summed E-state index contributed by atoms with van der Waals surface area (Å²) in [5.74, 6) is 1.21. The SMILES string of the molecule is O=C(CN1CCC2(O)CCCCC2C1)C1CCCC1. The third kappa shape index (κ3) is 2.87. The van der Waals surface area contributed by atoms with Crippen LogP contribution in [0.1, 0.15) is 57.8 Å². The molecule has 3 nitrogen and oxygen atoms in total. The molecule has 108 valence electrons. The molecular weight excluding hydrogens is 238 g/mol. The molecule has 0 radical (unpaired) electrons. The van der Waals surface area contributed by atoms with Gasteiger partial charge in [-0.05, 0) is 32.1 Å². The fourth-order valence-corrected chi connectivity index (χ4v) is 4.38. The molecule has 1 aliphatic heterocycles. The number of Topliss-reactive ketones (excluding diaryl/α,β-unsaturated/α-hetero) is 1. The Bertz CT molecular complexity index is 338. The fraction of sp³-hybridized carbons (Fsp3) is 0.938. The number of hydrogen-bond acceptors (Lipinski definition) is 3. The van der Waals surface area contributed by atoms with Crippen molar-refractivity contribution in [2.75, 3.05) is 19.6 Å². The van der Waals surface area contributed by atoms with Gasteiger partial charge in [-0.25, -0.2) is 0 Å². The van der Waals surface area contributed by atoms with Crippen LogP contribution in [0.5, 0.6) is 0 Å². The van der Waals surface area contributed by atoms with Crippen molar-refractivity contribution in [1.29, 1.82) is 0 Å². The minimum Gasteiger partial charge on any atom is -0.390 e. The number of likely N-dealkylation sites (tertiary alicyclic amines) is 1. The number of carbonyl (C=O) groups is 1. The molecule has 0 aromatic rings. The van der Waals surface area contributed by atoms with E-state index in [0.717, 1.165) is 45.2 Å². The van der Waals surface area contributed by atoms with Gasteiger partial charge < -0.3 is 5.11 Å². The molecule has 0 aromatic heterocycles. The van der Waals surface area contributed by atoms with Gasteiger partial charge in [0.15, 0.2) is 0 Å². The molecule has 1 heterocycles. The van der Waals surface area contributed by atoms with E-state index in [9.17, 15) is 9.90 Å². The van der Waals surface area contributed by atoms with Crippen LogP contribution in [0.15, 0.2) is 0 Å². The molecule has 2 atom stereocenters. The smallest absolute Gasteiger partial charge is 0.149 e. The van der Waals surface area contributed by atoms with E-state index in [1.165, 1.54) is 25.7 Å². The fourth-order valence-electron chi connectivity index (χ4n) is 4.38. The highest BCUT2D eigenvalue weighted by Gasteiger charge is 2.43. The lowest BCUT2D eigenvalue weighted by atomic mass is 9.71. The van der Waals surface area contributed by atoms with Gasteiger partial charge in [0.2, 0.25) is 0 Å². The van der Waals surface area contributed by atoms with Crippen molar-refractivity contribution < 1.29 is 9.90 Å². The second kappa shape index (κ2) is 5.53. The van der Waals surface area contributed by atoms with Crippen LogP contribution >= 0.6 is 0 Å². The van der Waals surface area contributed by atoms with Crippen molar-refractivity contribution in [2.45, 2.75) is 63.4 Å². The first-order valence-corrected chi connectivity index (χ1v) is 8.15. The minimum atomic E-state index is -0.412. The first-order valence-electron chi connectivity index (χ1n) is 8.15. The van der Waals surface area contributed by atoms with Gasteiger partial charge in [-0.3, -0.25) is 9.69 Å². The summed E-state index contributed by atoms with van der Waals surface area (Å²) < 4.78 is 0. The summed E-state index contributed by atoms with van der Waals surface area (Å²) in [6.07, 6.45) is 10.1. The van der Waals surface area contributed by atoms with Gasteiger partial charge in [0.25, 0.3) is 0 Å². The summed E-state index contributed by atoms with van der Waals surface area (Å²) in [5, 5.41) is 10.6. The lowest BCUT2D eigenvalue weighted by Crippen LogP contribution is -2.54. The molecule has 3 fully saturated rings. The highest BCUT2D eigenvalue weighted by Crippen LogP contribution is 2.39. The number of ketones is 1. The molecule has 2 unspecified atom stereocenters. The van der Waals surface area contributed by atoms with Gasteiger partial charge in [0.05, 0.1) is 12.1 Å². The molecule has 3 aliphatic rings. The number of fused-ring (bicyclic) bond motifs is 1. The molecule has 1 saturated heterocycles. The molecule has 2 aliphatic carbocycles. The third-order valence-corrected chi connectivity index (χ3v) is 5.70. The van der Waals surface area contributed by atoms with Crippen LogP contribution in [-0.2, 0) is 4.79 Å². The van der Waals surface area contributed by atoms with Crippen LogP contribution in [0, 0.1) is 11.8 Å². The summed E-state index contributed by atoms with van der Waals surface area (Å²) in [5.41, 5.74) is -0.412. The lowest BCUT2D eigenvalue weighted by molar-refractivity contribution is -0.128. The standard InChI is InChI=1S/C16H27NO2/c18-15(13-5-1-2-6-13)12-17-10-9-16(19)8-4-3-7-14(16)11-17/h13-14,19H,1-12H2. The Labute approximate surface area is 116 Å². The van der Waals surface area contributed by atoms with Gasteiger partial charge in [-0.2, -0.15) is 0 Å². The maximum atomic E-state index is 12.2. The molecule has 0 aromatic carbocycles. The predicted molar refractivity (Wildman–Crippen MR) is 74.9 cm³/mol. The van der Waals surface area contributed by atoms with Gasteiger partial charge in [-0.1, -0.05) is 25.7 Å². The van der Waals surface area contributed by atoms with Gasteiger partial charge >= 0.3 is 0 Å². The molecule has 0 amide bonds. The zero-order chi connectivity index (χ0) is 13.3. The van der Waals surface area contributed by atoms with Crippen molar-refractivity contribution in [3.8, 4) is 0 Å². The van der Waals surface area contributed by atoms with E-state index < -0.39 is 5.60 Å². The molecule has 0 spiro atoms. The van der Waals surface area contributed by atoms with E-state index in [2.05, 4.69) is 4.90 Å². The monoisotopic (exact) mass is 265 g/mol. The number of carbonyl (C=O) groups excluding carboxylic acids is 1. The summed E-state index contributed by atoms with van der Waals surface area (Å²) in [6.45, 7) is 2.48. The highest BCUT2D eigenvalue weighted by atomic mass is 16.3. The van der Waals surface area contributed by atoms with Crippen LogP contribution < -0.4 is 0 Å². The molecule has 0 bridgehead atoms. The summed E-state index contributed by atoms with van der Waals surface area (Å²) >= 11 is 0. The zero-order valence-corrected chi connectivity index (χ0v) is 11.9. The van der Waals surface area contributed by atoms with Crippen molar-refractivity contribution in [3.05, 3.63) is 0 Å². The lowest BCUT2D eigenvalue weighted by Gasteiger charge is -2.47. The average Bonchev–Trinajstić information content (AvgIpc) is 2.93. The van der Waals surface area contributed by atoms with E-state index in [1.54, 1.807) is 0 Å². The van der Waals surface area contributed by atoms with Crippen molar-refractivity contribution in [3.63, 3.8) is 0 Å². The summed E-state index contributed by atoms with van der Waals surface area (Å²) in [4.78, 5) is 14.6. The van der Waals surface area contributed by atoms with Gasteiger partial charge in [-0.15, -0.1) is 0 Å². The highest BCUT2D eigenvalue weighted by molar-refractivity contribution is 5.83. The first kappa shape index (κ1) is 13.6. The number of aliphatic hydroxyl groups is 1. The predicted octanol–water partition coefficient (Wildman–Crippen LogP) is 2.37. The van der Waals surface area contributed by atoms with Crippen molar-refractivity contribution >= 4 is 5.78 Å². The van der Waals surface area contributed by atoms with Gasteiger partial charge in [0, 0.05) is 24.9 Å². The van der Waals surface area contributed by atoms with Crippen LogP contribution in [0.25, 0.3) is 0 Å². The molecule has 2 saturated carbocycles. The van der Waals surface area contributed by atoms with Crippen LogP contribution in [0.3, 0.4) is 0 Å². The van der Waals surface area contributed by atoms with E-state index in [4.69, 9.17) is 0 Å². The Balaban J connectivity index is 1.54. The number of nitrogens with zero attached hydrogens (tertiary/aromatic N) is 1. The number of rotatable bonds is 3. The molecule has 3 heteroatoms. The molecule has 19 heavy (non-hydrogen) atoms. The van der Waals surface area contributed by atoms with Crippen LogP contribution in [-0.4, -0.2) is 41.0 Å². The van der Waals surface area contributed by atoms with Crippen LogP contribution in [0.4, 0.5) is 0 Å². The van der Waals surface area contributed by atoms with Crippen molar-refractivity contribution in [2.24, 2.45) is 11.8 Å². The van der Waals surface area contributed by atoms with E-state index in [1.807, 2.05) is 0 Å². The van der Waals surface area contributed by atoms with Crippen LogP contribution in [0.2, 0.25) is 0 Å². The van der Waals surface area contributed by atoms with E-state index in [-0.39, 0.29) is 0 Å². The third-order valence-electron chi connectivity index (χ3n) is 5.70. The Kier molecular flexibility index (Phi) is 3.95. The minimum absolute atomic E-state index is 0.340.